The van der Waals surface area contributed by atoms with E-state index in [0.717, 1.165) is 23.9 Å². The van der Waals surface area contributed by atoms with Gasteiger partial charge in [0, 0.05) is 13.0 Å². The third-order valence-corrected chi connectivity index (χ3v) is 4.43. The minimum absolute atomic E-state index is 0.0534. The Labute approximate surface area is 122 Å². The Morgan fingerprint density at radius 3 is 2.50 bits per heavy atom. The van der Waals surface area contributed by atoms with Gasteiger partial charge in [-0.3, -0.25) is 14.5 Å². The van der Waals surface area contributed by atoms with Crippen LogP contribution in [0.25, 0.3) is 0 Å². The molecule has 0 aromatic carbocycles. The van der Waals surface area contributed by atoms with E-state index in [0.29, 0.717) is 6.54 Å². The fraction of sp³-hybridized carbons (Fsp3) is 0.750. The number of carbonyl (C=O) groups excluding carboxylic acids is 2. The van der Waals surface area contributed by atoms with Crippen molar-refractivity contribution in [2.45, 2.75) is 26.7 Å². The van der Waals surface area contributed by atoms with E-state index in [-0.39, 0.29) is 29.6 Å². The number of hydrogen-bond donors (Lipinski definition) is 0. The first kappa shape index (κ1) is 15.2. The van der Waals surface area contributed by atoms with Crippen molar-refractivity contribution in [1.29, 1.82) is 0 Å². The molecule has 0 saturated carbocycles. The van der Waals surface area contributed by atoms with Crippen LogP contribution in [0.2, 0.25) is 0 Å². The molecule has 3 atom stereocenters. The van der Waals surface area contributed by atoms with E-state index in [1.807, 2.05) is 0 Å². The Hall–Kier alpha value is -1.16. The van der Waals surface area contributed by atoms with Gasteiger partial charge in [0.25, 0.3) is 0 Å². The van der Waals surface area contributed by atoms with Crippen molar-refractivity contribution in [3.8, 4) is 0 Å². The molecule has 0 aromatic heterocycles. The summed E-state index contributed by atoms with van der Waals surface area (Å²) in [6.45, 7) is 5.66. The Morgan fingerprint density at radius 1 is 1.25 bits per heavy atom. The summed E-state index contributed by atoms with van der Waals surface area (Å²) < 4.78 is 0.861. The maximum atomic E-state index is 12.5. The summed E-state index contributed by atoms with van der Waals surface area (Å²) in [5, 5.41) is 0. The molecule has 1 aliphatic carbocycles. The first-order valence-electron chi connectivity index (χ1n) is 7.53. The van der Waals surface area contributed by atoms with Gasteiger partial charge >= 0.3 is 0 Å². The number of rotatable bonds is 4. The standard InChI is InChI=1S/C16H27N2O2/c1-11-9-12(2)14-13(10-11)15(19)17(16(14)20)7-6-8-18(3,4)5/h9,12-14H,6-8,10H2,1-5H3/q+1/t12-,13-,14+/m0/s1. The molecule has 0 N–H and O–H groups in total. The van der Waals surface area contributed by atoms with Crippen molar-refractivity contribution in [3.05, 3.63) is 11.6 Å². The van der Waals surface area contributed by atoms with Crippen molar-refractivity contribution in [3.63, 3.8) is 0 Å². The van der Waals surface area contributed by atoms with E-state index in [1.165, 1.54) is 10.5 Å². The van der Waals surface area contributed by atoms with Gasteiger partial charge in [0.2, 0.25) is 11.8 Å². The second-order valence-electron chi connectivity index (χ2n) is 7.40. The molecule has 1 saturated heterocycles. The van der Waals surface area contributed by atoms with E-state index in [2.05, 4.69) is 41.1 Å². The van der Waals surface area contributed by atoms with Gasteiger partial charge in [0.15, 0.2) is 0 Å². The quantitative estimate of drug-likeness (QED) is 0.446. The van der Waals surface area contributed by atoms with Crippen LogP contribution >= 0.6 is 0 Å². The van der Waals surface area contributed by atoms with E-state index >= 15 is 0 Å². The summed E-state index contributed by atoms with van der Waals surface area (Å²) in [7, 11) is 6.38. The highest BCUT2D eigenvalue weighted by Gasteiger charge is 2.50. The Bertz CT molecular complexity index is 448. The molecule has 1 heterocycles. The van der Waals surface area contributed by atoms with Gasteiger partial charge in [-0.2, -0.15) is 0 Å². The van der Waals surface area contributed by atoms with E-state index in [4.69, 9.17) is 0 Å². The smallest absolute Gasteiger partial charge is 0.233 e. The van der Waals surface area contributed by atoms with Crippen molar-refractivity contribution in [2.75, 3.05) is 34.2 Å². The topological polar surface area (TPSA) is 37.4 Å². The Balaban J connectivity index is 2.04. The first-order chi connectivity index (χ1) is 9.20. The average Bonchev–Trinajstić information content (AvgIpc) is 2.52. The lowest BCUT2D eigenvalue weighted by molar-refractivity contribution is -0.870. The summed E-state index contributed by atoms with van der Waals surface area (Å²) in [4.78, 5) is 26.5. The molecular formula is C16H27N2O2+. The van der Waals surface area contributed by atoms with Crippen LogP contribution in [0.15, 0.2) is 11.6 Å². The zero-order valence-electron chi connectivity index (χ0n) is 13.3. The highest BCUT2D eigenvalue weighted by Crippen LogP contribution is 2.40. The lowest BCUT2D eigenvalue weighted by Crippen LogP contribution is -2.39. The number of allylic oxidation sites excluding steroid dienone is 2. The molecule has 20 heavy (non-hydrogen) atoms. The predicted octanol–water partition coefficient (Wildman–Crippen LogP) is 1.67. The molecule has 4 heteroatoms. The number of imide groups is 1. The first-order valence-corrected chi connectivity index (χ1v) is 7.53. The van der Waals surface area contributed by atoms with Crippen LogP contribution in [0, 0.1) is 17.8 Å². The number of fused-ring (bicyclic) bond motifs is 1. The lowest BCUT2D eigenvalue weighted by atomic mass is 9.76. The van der Waals surface area contributed by atoms with Gasteiger partial charge < -0.3 is 4.48 Å². The monoisotopic (exact) mass is 279 g/mol. The van der Waals surface area contributed by atoms with Gasteiger partial charge in [-0.05, 0) is 19.3 Å². The molecular weight excluding hydrogens is 252 g/mol. The normalized spacial score (nSPS) is 30.6. The van der Waals surface area contributed by atoms with Crippen molar-refractivity contribution < 1.29 is 14.1 Å². The summed E-state index contributed by atoms with van der Waals surface area (Å²) in [6.07, 6.45) is 3.79. The molecule has 0 bridgehead atoms. The van der Waals surface area contributed by atoms with Crippen LogP contribution in [0.5, 0.6) is 0 Å². The summed E-state index contributed by atoms with van der Waals surface area (Å²) in [5.74, 6) is 0.0777. The van der Waals surface area contributed by atoms with Crippen molar-refractivity contribution in [1.82, 2.24) is 4.90 Å². The molecule has 1 fully saturated rings. The molecule has 0 spiro atoms. The molecule has 0 radical (unpaired) electrons. The molecule has 0 unspecified atom stereocenters. The van der Waals surface area contributed by atoms with Gasteiger partial charge in [0.05, 0.1) is 39.5 Å². The summed E-state index contributed by atoms with van der Waals surface area (Å²) in [6, 6.07) is 0. The third-order valence-electron chi connectivity index (χ3n) is 4.43. The van der Waals surface area contributed by atoms with Crippen molar-refractivity contribution >= 4 is 11.8 Å². The van der Waals surface area contributed by atoms with Gasteiger partial charge in [-0.15, -0.1) is 0 Å². The van der Waals surface area contributed by atoms with E-state index in [9.17, 15) is 9.59 Å². The zero-order chi connectivity index (χ0) is 15.1. The van der Waals surface area contributed by atoms with Gasteiger partial charge in [-0.1, -0.05) is 18.6 Å². The summed E-state index contributed by atoms with van der Waals surface area (Å²) in [5.41, 5.74) is 1.24. The maximum absolute atomic E-state index is 12.5. The fourth-order valence-corrected chi connectivity index (χ4v) is 3.51. The number of hydrogen-bond acceptors (Lipinski definition) is 2. The molecule has 1 aliphatic heterocycles. The van der Waals surface area contributed by atoms with Gasteiger partial charge in [0.1, 0.15) is 0 Å². The highest BCUT2D eigenvalue weighted by atomic mass is 16.2. The molecule has 2 rings (SSSR count). The molecule has 2 amide bonds. The van der Waals surface area contributed by atoms with Crippen LogP contribution < -0.4 is 0 Å². The van der Waals surface area contributed by atoms with Crippen molar-refractivity contribution in [2.24, 2.45) is 17.8 Å². The zero-order valence-corrected chi connectivity index (χ0v) is 13.3. The minimum Gasteiger partial charge on any atom is -0.331 e. The number of likely N-dealkylation sites (tertiary alicyclic amines) is 1. The van der Waals surface area contributed by atoms with E-state index < -0.39 is 0 Å². The third kappa shape index (κ3) is 2.95. The van der Waals surface area contributed by atoms with Gasteiger partial charge in [-0.25, -0.2) is 0 Å². The van der Waals surface area contributed by atoms with Crippen LogP contribution in [0.1, 0.15) is 26.7 Å². The largest absolute Gasteiger partial charge is 0.331 e. The average molecular weight is 279 g/mol. The second kappa shape index (κ2) is 5.32. The van der Waals surface area contributed by atoms with Crippen LogP contribution in [0.4, 0.5) is 0 Å². The van der Waals surface area contributed by atoms with Crippen LogP contribution in [-0.4, -0.2) is 55.4 Å². The minimum atomic E-state index is -0.115. The van der Waals surface area contributed by atoms with E-state index in [1.54, 1.807) is 0 Å². The Morgan fingerprint density at radius 2 is 1.90 bits per heavy atom. The summed E-state index contributed by atoms with van der Waals surface area (Å²) >= 11 is 0. The maximum Gasteiger partial charge on any atom is 0.233 e. The predicted molar refractivity (Wildman–Crippen MR) is 78.8 cm³/mol. The Kier molecular flexibility index (Phi) is 4.05. The fourth-order valence-electron chi connectivity index (χ4n) is 3.51. The molecule has 112 valence electrons. The molecule has 4 nitrogen and oxygen atoms in total. The van der Waals surface area contributed by atoms with Crippen LogP contribution in [-0.2, 0) is 9.59 Å². The number of quaternary nitrogens is 1. The second-order valence-corrected chi connectivity index (χ2v) is 7.40. The molecule has 0 aromatic rings. The number of amides is 2. The number of carbonyl (C=O) groups is 2. The number of nitrogens with zero attached hydrogens (tertiary/aromatic N) is 2. The lowest BCUT2D eigenvalue weighted by Gasteiger charge is -2.25. The SMILES string of the molecule is CC1=C[C@H](C)[C@H]2C(=O)N(CCC[N+](C)(C)C)C(=O)[C@H]2C1. The highest BCUT2D eigenvalue weighted by molar-refractivity contribution is 6.05. The van der Waals surface area contributed by atoms with Crippen LogP contribution in [0.3, 0.4) is 0 Å². The molecule has 2 aliphatic rings.